The summed E-state index contributed by atoms with van der Waals surface area (Å²) in [4.78, 5) is 45.0. The number of aliphatic carboxylic acids is 5. The average Bonchev–Trinajstić information content (AvgIpc) is 2.75. The van der Waals surface area contributed by atoms with Gasteiger partial charge in [-0.05, 0) is 5.56 Å². The van der Waals surface area contributed by atoms with E-state index in [0.717, 1.165) is 67.1 Å². The Morgan fingerprint density at radius 3 is 1.32 bits per heavy atom. The summed E-state index contributed by atoms with van der Waals surface area (Å²) in [5.74, 6) is -4.17. The summed E-state index contributed by atoms with van der Waals surface area (Å²) in [5, 5.41) is 51.1. The van der Waals surface area contributed by atoms with Crippen molar-refractivity contribution in [2.24, 2.45) is 5.73 Å². The molecule has 0 unspecified atom stereocenters. The first kappa shape index (κ1) is 49.6. The molecule has 0 spiro atoms. The summed E-state index contributed by atoms with van der Waals surface area (Å²) in [5.41, 5.74) is 6.68. The van der Waals surface area contributed by atoms with Crippen molar-refractivity contribution in [3.8, 4) is 6.26 Å². The van der Waals surface area contributed by atoms with Crippen molar-refractivity contribution < 1.29 is 66.7 Å². The summed E-state index contributed by atoms with van der Waals surface area (Å²) in [7, 11) is -4.54. The van der Waals surface area contributed by atoms with E-state index in [-0.39, 0.29) is 0 Å². The molecule has 0 aromatic heterocycles. The summed E-state index contributed by atoms with van der Waals surface area (Å²) in [6.07, 6.45) is 0.770. The number of rotatable bonds is 8. The molecule has 0 atom stereocenters. The Morgan fingerprint density at radius 2 is 1.07 bits per heavy atom. The van der Waals surface area contributed by atoms with Crippen LogP contribution in [0.1, 0.15) is 40.2 Å². The SMILES string of the molecule is CC(=O)O.CC(=O)O.CC(=O)O.CC(=O)O.CC(=O)O.N#COS(=O)(=O)O.NCCNCCNCc1ccccc1. The van der Waals surface area contributed by atoms with Crippen molar-refractivity contribution in [2.45, 2.75) is 41.2 Å². The largest absolute Gasteiger partial charge is 0.481 e. The van der Waals surface area contributed by atoms with E-state index in [1.165, 1.54) is 5.56 Å². The van der Waals surface area contributed by atoms with Gasteiger partial charge in [-0.1, -0.05) is 30.3 Å². The number of nitrogens with zero attached hydrogens (tertiary/aromatic N) is 1. The molecule has 41 heavy (non-hydrogen) atoms. The van der Waals surface area contributed by atoms with Gasteiger partial charge >= 0.3 is 16.7 Å². The molecule has 18 nitrogen and oxygen atoms in total. The van der Waals surface area contributed by atoms with E-state index in [2.05, 4.69) is 39.1 Å². The van der Waals surface area contributed by atoms with E-state index in [9.17, 15) is 8.42 Å². The second-order valence-electron chi connectivity index (χ2n) is 6.40. The monoisotopic (exact) mass is 616 g/mol. The van der Waals surface area contributed by atoms with Crippen LogP contribution in [0.5, 0.6) is 0 Å². The van der Waals surface area contributed by atoms with Crippen molar-refractivity contribution in [3.63, 3.8) is 0 Å². The van der Waals surface area contributed by atoms with Gasteiger partial charge in [-0.2, -0.15) is 8.42 Å². The molecule has 0 aliphatic rings. The Kier molecular flexibility index (Phi) is 45.7. The number of carbonyl (C=O) groups is 5. The molecule has 0 aliphatic carbocycles. The highest BCUT2D eigenvalue weighted by Gasteiger charge is 1.99. The topological polar surface area (TPSA) is 324 Å². The van der Waals surface area contributed by atoms with E-state index in [1.54, 1.807) is 0 Å². The number of carboxylic acid groups (broad SMARTS) is 5. The number of hydrogen-bond donors (Lipinski definition) is 9. The van der Waals surface area contributed by atoms with E-state index in [0.29, 0.717) is 6.54 Å². The molecular weight excluding hydrogens is 576 g/mol. The maximum absolute atomic E-state index is 9.34. The zero-order valence-electron chi connectivity index (χ0n) is 23.3. The molecule has 0 heterocycles. The van der Waals surface area contributed by atoms with Gasteiger partial charge in [0.25, 0.3) is 29.8 Å². The van der Waals surface area contributed by atoms with Crippen molar-refractivity contribution in [2.75, 3.05) is 26.2 Å². The normalized spacial score (nSPS) is 8.24. The van der Waals surface area contributed by atoms with Crippen molar-refractivity contribution >= 4 is 40.2 Å². The first-order valence-corrected chi connectivity index (χ1v) is 12.2. The number of nitrogens with two attached hydrogens (primary N) is 1. The Balaban J connectivity index is -0.0000000963. The predicted octanol–water partition coefficient (Wildman–Crippen LogP) is 0.0659. The lowest BCUT2D eigenvalue weighted by molar-refractivity contribution is -0.135. The van der Waals surface area contributed by atoms with Crippen LogP contribution in [-0.2, 0) is 45.1 Å². The van der Waals surface area contributed by atoms with Crippen LogP contribution in [0.25, 0.3) is 0 Å². The first-order valence-electron chi connectivity index (χ1n) is 10.8. The van der Waals surface area contributed by atoms with Crippen LogP contribution in [0.2, 0.25) is 0 Å². The molecule has 0 fully saturated rings. The van der Waals surface area contributed by atoms with Gasteiger partial charge in [-0.25, -0.2) is 0 Å². The van der Waals surface area contributed by atoms with Crippen molar-refractivity contribution in [1.29, 1.82) is 5.26 Å². The molecule has 1 aromatic rings. The Labute approximate surface area is 238 Å². The minimum atomic E-state index is -4.54. The maximum Gasteiger partial charge on any atom is 0.456 e. The standard InChI is InChI=1S/C11H19N3.5C2H4O2.CHNO4S/c12-6-7-13-8-9-14-10-11-4-2-1-3-5-11;5*1-2(3)4;2-1-6-7(3,4)5/h1-5,13-14H,6-10,12H2;5*1H3,(H,3,4);(H,3,4,5). The summed E-state index contributed by atoms with van der Waals surface area (Å²) in [6, 6.07) is 10.4. The fourth-order valence-electron chi connectivity index (χ4n) is 1.28. The van der Waals surface area contributed by atoms with Gasteiger partial charge in [-0.3, -0.25) is 32.7 Å². The van der Waals surface area contributed by atoms with E-state index in [4.69, 9.17) is 65.1 Å². The van der Waals surface area contributed by atoms with Crippen LogP contribution in [0, 0.1) is 11.5 Å². The van der Waals surface area contributed by atoms with Gasteiger partial charge in [0.2, 0.25) is 0 Å². The highest BCUT2D eigenvalue weighted by Crippen LogP contribution is 1.96. The summed E-state index contributed by atoms with van der Waals surface area (Å²) < 4.78 is 29.3. The third-order valence-electron chi connectivity index (χ3n) is 2.11. The van der Waals surface area contributed by atoms with Gasteiger partial charge in [-0.15, -0.1) is 5.26 Å². The summed E-state index contributed by atoms with van der Waals surface area (Å²) in [6.45, 7) is 9.91. The molecule has 0 bridgehead atoms. The van der Waals surface area contributed by atoms with Gasteiger partial charge in [0.05, 0.1) is 0 Å². The molecule has 0 saturated heterocycles. The van der Waals surface area contributed by atoms with Crippen molar-refractivity contribution in [3.05, 3.63) is 35.9 Å². The lowest BCUT2D eigenvalue weighted by atomic mass is 10.2. The van der Waals surface area contributed by atoms with Gasteiger partial charge in [0.15, 0.2) is 0 Å². The zero-order valence-corrected chi connectivity index (χ0v) is 24.1. The van der Waals surface area contributed by atoms with Crippen LogP contribution in [0.4, 0.5) is 0 Å². The number of carboxylic acids is 5. The second-order valence-corrected chi connectivity index (χ2v) is 7.42. The molecule has 0 saturated carbocycles. The molecule has 1 rings (SSSR count). The third kappa shape index (κ3) is 165. The Hall–Kier alpha value is -4.35. The van der Waals surface area contributed by atoms with Crippen LogP contribution in [-0.4, -0.2) is 94.5 Å². The Bertz CT molecular complexity index is 863. The van der Waals surface area contributed by atoms with E-state index in [1.807, 2.05) is 6.07 Å². The number of nitrogens with one attached hydrogen (secondary N) is 2. The smallest absolute Gasteiger partial charge is 0.456 e. The van der Waals surface area contributed by atoms with Gasteiger partial charge in [0.1, 0.15) is 0 Å². The minimum absolute atomic E-state index is 0.707. The maximum atomic E-state index is 9.34. The number of nitriles is 1. The number of hydrogen-bond acceptors (Lipinski definition) is 12. The van der Waals surface area contributed by atoms with Gasteiger partial charge in [0, 0.05) is 67.3 Å². The second kappa shape index (κ2) is 37.8. The lowest BCUT2D eigenvalue weighted by Crippen LogP contribution is -2.30. The third-order valence-corrected chi connectivity index (χ3v) is 2.40. The van der Waals surface area contributed by atoms with E-state index >= 15 is 0 Å². The molecule has 1 aromatic carbocycles. The number of benzene rings is 1. The van der Waals surface area contributed by atoms with Crippen molar-refractivity contribution in [1.82, 2.24) is 10.6 Å². The van der Waals surface area contributed by atoms with Gasteiger partial charge < -0.3 is 41.9 Å². The van der Waals surface area contributed by atoms with Crippen LogP contribution in [0.15, 0.2) is 30.3 Å². The van der Waals surface area contributed by atoms with E-state index < -0.39 is 40.2 Å². The van der Waals surface area contributed by atoms with Crippen LogP contribution < -0.4 is 16.4 Å². The fourth-order valence-corrected chi connectivity index (χ4v) is 1.37. The quantitative estimate of drug-likeness (QED) is 0.106. The zero-order chi connectivity index (χ0) is 33.9. The van der Waals surface area contributed by atoms with Crippen LogP contribution >= 0.6 is 0 Å². The lowest BCUT2D eigenvalue weighted by Gasteiger charge is -2.05. The molecule has 0 aliphatic heterocycles. The predicted molar refractivity (Wildman–Crippen MR) is 145 cm³/mol. The molecule has 0 amide bonds. The summed E-state index contributed by atoms with van der Waals surface area (Å²) >= 11 is 0. The minimum Gasteiger partial charge on any atom is -0.481 e. The molecule has 19 heteroatoms. The fraction of sp³-hybridized carbons (Fsp3) is 0.455. The first-order chi connectivity index (χ1) is 18.7. The molecule has 238 valence electrons. The molecule has 0 radical (unpaired) electrons. The highest BCUT2D eigenvalue weighted by molar-refractivity contribution is 7.81. The highest BCUT2D eigenvalue weighted by atomic mass is 32.3. The Morgan fingerprint density at radius 1 is 0.756 bits per heavy atom. The average molecular weight is 617 g/mol. The molecule has 10 N–H and O–H groups in total. The molecular formula is C22H40N4O14S. The van der Waals surface area contributed by atoms with Crippen LogP contribution in [0.3, 0.4) is 0 Å².